The maximum atomic E-state index is 11.0. The first-order valence-corrected chi connectivity index (χ1v) is 4.39. The normalized spacial score (nSPS) is 10.5. The van der Waals surface area contributed by atoms with Crippen molar-refractivity contribution < 1.29 is 14.6 Å². The van der Waals surface area contributed by atoms with E-state index in [4.69, 9.17) is 9.84 Å². The average Bonchev–Trinajstić information content (AvgIpc) is 2.54. The third-order valence-corrected chi connectivity index (χ3v) is 2.15. The Balaban J connectivity index is 2.80. The fourth-order valence-corrected chi connectivity index (χ4v) is 1.46. The van der Waals surface area contributed by atoms with Crippen LogP contribution in [0, 0.1) is 6.92 Å². The van der Waals surface area contributed by atoms with Crippen molar-refractivity contribution in [2.75, 3.05) is 7.11 Å². The summed E-state index contributed by atoms with van der Waals surface area (Å²) in [6, 6.07) is 3.62. The number of hydrogen-bond donors (Lipinski definition) is 1. The predicted octanol–water partition coefficient (Wildman–Crippen LogP) is 1.35. The van der Waals surface area contributed by atoms with Crippen molar-refractivity contribution in [3.63, 3.8) is 0 Å². The molecule has 0 saturated carbocycles. The molecule has 0 amide bonds. The van der Waals surface area contributed by atoms with Gasteiger partial charge >= 0.3 is 5.97 Å². The van der Waals surface area contributed by atoms with Crippen LogP contribution in [0.3, 0.4) is 0 Å². The Bertz CT molecular complexity index is 531. The van der Waals surface area contributed by atoms with E-state index in [1.165, 1.54) is 11.5 Å². The summed E-state index contributed by atoms with van der Waals surface area (Å²) in [5, 5.41) is 9.01. The summed E-state index contributed by atoms with van der Waals surface area (Å²) in [6.45, 7) is 1.92. The van der Waals surface area contributed by atoms with Crippen molar-refractivity contribution >= 4 is 11.6 Å². The molecule has 0 radical (unpaired) electrons. The van der Waals surface area contributed by atoms with Gasteiger partial charge in [-0.2, -0.15) is 4.98 Å². The Hall–Kier alpha value is -2.04. The van der Waals surface area contributed by atoms with Crippen molar-refractivity contribution in [2.24, 2.45) is 0 Å². The highest BCUT2D eigenvalue weighted by Crippen LogP contribution is 2.20. The van der Waals surface area contributed by atoms with Gasteiger partial charge in [0.15, 0.2) is 5.69 Å². The Morgan fingerprint density at radius 1 is 1.60 bits per heavy atom. The van der Waals surface area contributed by atoms with Gasteiger partial charge in [0.1, 0.15) is 5.65 Å². The van der Waals surface area contributed by atoms with E-state index in [1.54, 1.807) is 12.3 Å². The maximum absolute atomic E-state index is 11.0. The molecule has 0 spiro atoms. The van der Waals surface area contributed by atoms with Gasteiger partial charge in [0, 0.05) is 6.20 Å². The second-order valence-electron chi connectivity index (χ2n) is 3.21. The molecule has 0 aliphatic rings. The highest BCUT2D eigenvalue weighted by atomic mass is 16.5. The fraction of sp³-hybridized carbons (Fsp3) is 0.200. The molecule has 0 atom stereocenters. The average molecular weight is 206 g/mol. The zero-order valence-electron chi connectivity index (χ0n) is 8.39. The first-order valence-electron chi connectivity index (χ1n) is 4.39. The van der Waals surface area contributed by atoms with Crippen LogP contribution in [0.5, 0.6) is 5.88 Å². The quantitative estimate of drug-likeness (QED) is 0.805. The molecule has 5 heteroatoms. The number of imidazole rings is 1. The number of rotatable bonds is 2. The van der Waals surface area contributed by atoms with Gasteiger partial charge in [-0.05, 0) is 24.6 Å². The number of nitrogens with zero attached hydrogens (tertiary/aromatic N) is 2. The van der Waals surface area contributed by atoms with Crippen LogP contribution in [0.15, 0.2) is 18.3 Å². The van der Waals surface area contributed by atoms with Crippen molar-refractivity contribution in [1.82, 2.24) is 9.38 Å². The SMILES string of the molecule is COc1nc2cc(C)ccn2c1C(=O)O. The van der Waals surface area contributed by atoms with Crippen LogP contribution in [-0.2, 0) is 0 Å². The molecule has 5 nitrogen and oxygen atoms in total. The molecule has 0 aromatic carbocycles. The smallest absolute Gasteiger partial charge is 0.358 e. The molecule has 2 aromatic heterocycles. The lowest BCUT2D eigenvalue weighted by Gasteiger charge is -1.98. The summed E-state index contributed by atoms with van der Waals surface area (Å²) < 4.78 is 6.41. The van der Waals surface area contributed by atoms with Gasteiger partial charge in [0.2, 0.25) is 5.88 Å². The molecule has 0 unspecified atom stereocenters. The van der Waals surface area contributed by atoms with E-state index in [2.05, 4.69) is 4.98 Å². The minimum absolute atomic E-state index is 0.0486. The number of aromatic carboxylic acids is 1. The van der Waals surface area contributed by atoms with Crippen LogP contribution in [-0.4, -0.2) is 27.6 Å². The maximum Gasteiger partial charge on any atom is 0.358 e. The van der Waals surface area contributed by atoms with E-state index in [1.807, 2.05) is 13.0 Å². The molecule has 0 saturated heterocycles. The molecule has 78 valence electrons. The minimum Gasteiger partial charge on any atom is -0.479 e. The number of carbonyl (C=O) groups is 1. The van der Waals surface area contributed by atoms with Gasteiger partial charge in [-0.25, -0.2) is 4.79 Å². The van der Waals surface area contributed by atoms with E-state index in [0.29, 0.717) is 5.65 Å². The van der Waals surface area contributed by atoms with Gasteiger partial charge in [-0.1, -0.05) is 0 Å². The van der Waals surface area contributed by atoms with Crippen molar-refractivity contribution in [3.8, 4) is 5.88 Å². The van der Waals surface area contributed by atoms with Crippen LogP contribution in [0.1, 0.15) is 16.1 Å². The van der Waals surface area contributed by atoms with Gasteiger partial charge in [-0.15, -0.1) is 0 Å². The Morgan fingerprint density at radius 2 is 2.33 bits per heavy atom. The van der Waals surface area contributed by atoms with Crippen LogP contribution in [0.2, 0.25) is 0 Å². The molecule has 0 aliphatic carbocycles. The topological polar surface area (TPSA) is 63.8 Å². The zero-order chi connectivity index (χ0) is 11.0. The molecule has 2 heterocycles. The molecule has 2 rings (SSSR count). The Morgan fingerprint density at radius 3 is 2.93 bits per heavy atom. The number of ether oxygens (including phenoxy) is 1. The van der Waals surface area contributed by atoms with Gasteiger partial charge < -0.3 is 9.84 Å². The summed E-state index contributed by atoms with van der Waals surface area (Å²) in [6.07, 6.45) is 1.67. The first-order chi connectivity index (χ1) is 7.13. The second kappa shape index (κ2) is 3.27. The summed E-state index contributed by atoms with van der Waals surface area (Å²) >= 11 is 0. The second-order valence-corrected chi connectivity index (χ2v) is 3.21. The first kappa shape index (κ1) is 9.51. The van der Waals surface area contributed by atoms with Crippen LogP contribution in [0.25, 0.3) is 5.65 Å². The fourth-order valence-electron chi connectivity index (χ4n) is 1.46. The minimum atomic E-state index is -1.05. The highest BCUT2D eigenvalue weighted by molar-refractivity contribution is 5.89. The third kappa shape index (κ3) is 1.41. The number of methoxy groups -OCH3 is 1. The number of hydrogen-bond acceptors (Lipinski definition) is 3. The summed E-state index contributed by atoms with van der Waals surface area (Å²) in [7, 11) is 1.40. The van der Waals surface area contributed by atoms with Crippen LogP contribution in [0.4, 0.5) is 0 Å². The van der Waals surface area contributed by atoms with Crippen molar-refractivity contribution in [1.29, 1.82) is 0 Å². The number of aromatic nitrogens is 2. The van der Waals surface area contributed by atoms with Gasteiger partial charge in [-0.3, -0.25) is 4.40 Å². The number of fused-ring (bicyclic) bond motifs is 1. The highest BCUT2D eigenvalue weighted by Gasteiger charge is 2.18. The molecular weight excluding hydrogens is 196 g/mol. The molecule has 2 aromatic rings. The largest absolute Gasteiger partial charge is 0.479 e. The Labute approximate surface area is 85.9 Å². The number of carboxylic acid groups (broad SMARTS) is 1. The number of aryl methyl sites for hydroxylation is 1. The van der Waals surface area contributed by atoms with Crippen LogP contribution < -0.4 is 4.74 Å². The van der Waals surface area contributed by atoms with E-state index >= 15 is 0 Å². The molecule has 0 bridgehead atoms. The van der Waals surface area contributed by atoms with E-state index in [-0.39, 0.29) is 11.6 Å². The van der Waals surface area contributed by atoms with E-state index in [9.17, 15) is 4.79 Å². The Kier molecular flexibility index (Phi) is 2.07. The van der Waals surface area contributed by atoms with E-state index in [0.717, 1.165) is 5.56 Å². The van der Waals surface area contributed by atoms with E-state index < -0.39 is 5.97 Å². The van der Waals surface area contributed by atoms with Crippen molar-refractivity contribution in [2.45, 2.75) is 6.92 Å². The standard InChI is InChI=1S/C10H10N2O3/c1-6-3-4-12-7(5-6)11-9(15-2)8(12)10(13)14/h3-5H,1-2H3,(H,13,14). The molecule has 0 fully saturated rings. The number of pyridine rings is 1. The number of carboxylic acids is 1. The van der Waals surface area contributed by atoms with Crippen LogP contribution >= 0.6 is 0 Å². The molecule has 15 heavy (non-hydrogen) atoms. The monoisotopic (exact) mass is 206 g/mol. The molecule has 0 aliphatic heterocycles. The zero-order valence-corrected chi connectivity index (χ0v) is 8.39. The predicted molar refractivity (Wildman–Crippen MR) is 53.4 cm³/mol. The third-order valence-electron chi connectivity index (χ3n) is 2.15. The summed E-state index contributed by atoms with van der Waals surface area (Å²) in [4.78, 5) is 15.1. The van der Waals surface area contributed by atoms with Gasteiger partial charge in [0.25, 0.3) is 0 Å². The lowest BCUT2D eigenvalue weighted by atomic mass is 10.3. The van der Waals surface area contributed by atoms with Crippen molar-refractivity contribution in [3.05, 3.63) is 29.6 Å². The summed E-state index contributed by atoms with van der Waals surface area (Å²) in [5.74, 6) is -0.920. The molecular formula is C10H10N2O3. The summed E-state index contributed by atoms with van der Waals surface area (Å²) in [5.41, 5.74) is 1.64. The van der Waals surface area contributed by atoms with Gasteiger partial charge in [0.05, 0.1) is 7.11 Å². The lowest BCUT2D eigenvalue weighted by Crippen LogP contribution is -2.03. The lowest BCUT2D eigenvalue weighted by molar-refractivity contribution is 0.0685. The molecule has 1 N–H and O–H groups in total.